The molecule has 106 valence electrons. The van der Waals surface area contributed by atoms with Crippen molar-refractivity contribution in [2.45, 2.75) is 11.1 Å². The number of aromatic nitrogens is 2. The fraction of sp³-hybridized carbons (Fsp3) is 0.100. The minimum Gasteiger partial charge on any atom is -0.476 e. The zero-order valence-electron chi connectivity index (χ0n) is 9.99. The zero-order chi connectivity index (χ0) is 14.9. The van der Waals surface area contributed by atoms with Crippen molar-refractivity contribution < 1.29 is 18.3 Å². The SMILES string of the molecule is Cc1nc(Cl)ccc1NS(=O)(=O)c1scnc1C(=O)O. The van der Waals surface area contributed by atoms with Gasteiger partial charge in [-0.3, -0.25) is 4.72 Å². The summed E-state index contributed by atoms with van der Waals surface area (Å²) in [4.78, 5) is 18.3. The van der Waals surface area contributed by atoms with Crippen molar-refractivity contribution in [3.8, 4) is 0 Å². The Kier molecular flexibility index (Phi) is 3.93. The van der Waals surface area contributed by atoms with Crippen LogP contribution in [0, 0.1) is 6.92 Å². The Bertz CT molecular complexity index is 773. The molecular formula is C10H8ClN3O4S2. The van der Waals surface area contributed by atoms with Gasteiger partial charge in [-0.15, -0.1) is 11.3 Å². The number of sulfonamides is 1. The predicted molar refractivity (Wildman–Crippen MR) is 73.9 cm³/mol. The van der Waals surface area contributed by atoms with E-state index in [2.05, 4.69) is 14.7 Å². The van der Waals surface area contributed by atoms with Crippen LogP contribution in [0.1, 0.15) is 16.2 Å². The topological polar surface area (TPSA) is 109 Å². The highest BCUT2D eigenvalue weighted by molar-refractivity contribution is 7.94. The molecule has 0 atom stereocenters. The molecule has 2 N–H and O–H groups in total. The second-order valence-corrected chi connectivity index (χ2v) is 6.79. The van der Waals surface area contributed by atoms with Gasteiger partial charge in [-0.05, 0) is 19.1 Å². The van der Waals surface area contributed by atoms with Crippen LogP contribution in [0.2, 0.25) is 5.15 Å². The quantitative estimate of drug-likeness (QED) is 0.828. The number of carboxylic acid groups (broad SMARTS) is 1. The summed E-state index contributed by atoms with van der Waals surface area (Å²) in [5.41, 5.74) is 1.24. The Labute approximate surface area is 123 Å². The van der Waals surface area contributed by atoms with Crippen LogP contribution in [0.4, 0.5) is 5.69 Å². The molecule has 0 aliphatic rings. The van der Waals surface area contributed by atoms with E-state index in [4.69, 9.17) is 16.7 Å². The molecule has 0 amide bonds. The molecule has 20 heavy (non-hydrogen) atoms. The highest BCUT2D eigenvalue weighted by Gasteiger charge is 2.26. The Balaban J connectivity index is 2.41. The summed E-state index contributed by atoms with van der Waals surface area (Å²) >= 11 is 6.40. The summed E-state index contributed by atoms with van der Waals surface area (Å²) in [7, 11) is -4.04. The lowest BCUT2D eigenvalue weighted by molar-refractivity contribution is 0.0687. The van der Waals surface area contributed by atoms with Crippen molar-refractivity contribution >= 4 is 44.6 Å². The van der Waals surface area contributed by atoms with E-state index in [9.17, 15) is 13.2 Å². The van der Waals surface area contributed by atoms with Gasteiger partial charge in [-0.1, -0.05) is 11.6 Å². The molecule has 2 aromatic heterocycles. The number of hydrogen-bond donors (Lipinski definition) is 2. The fourth-order valence-corrected chi connectivity index (χ4v) is 3.85. The van der Waals surface area contributed by atoms with E-state index in [-0.39, 0.29) is 15.0 Å². The van der Waals surface area contributed by atoms with Gasteiger partial charge in [-0.2, -0.15) is 0 Å². The van der Waals surface area contributed by atoms with Crippen LogP contribution < -0.4 is 4.72 Å². The maximum atomic E-state index is 12.2. The summed E-state index contributed by atoms with van der Waals surface area (Å²) in [5, 5.41) is 9.13. The third-order valence-corrected chi connectivity index (χ3v) is 5.22. The number of halogens is 1. The number of carbonyl (C=O) groups is 1. The highest BCUT2D eigenvalue weighted by Crippen LogP contribution is 2.24. The lowest BCUT2D eigenvalue weighted by Crippen LogP contribution is -2.16. The first-order valence-corrected chi connectivity index (χ1v) is 7.88. The molecule has 2 rings (SSSR count). The van der Waals surface area contributed by atoms with Crippen LogP contribution >= 0.6 is 22.9 Å². The van der Waals surface area contributed by atoms with E-state index in [1.165, 1.54) is 12.1 Å². The molecule has 0 spiro atoms. The van der Waals surface area contributed by atoms with Gasteiger partial charge in [0.1, 0.15) is 5.15 Å². The van der Waals surface area contributed by atoms with Gasteiger partial charge in [0.25, 0.3) is 10.0 Å². The number of nitrogens with one attached hydrogen (secondary N) is 1. The van der Waals surface area contributed by atoms with E-state index in [1.54, 1.807) is 6.92 Å². The van der Waals surface area contributed by atoms with Crippen LogP contribution in [-0.2, 0) is 10.0 Å². The number of carboxylic acids is 1. The number of nitrogens with zero attached hydrogens (tertiary/aromatic N) is 2. The number of aryl methyl sites for hydroxylation is 1. The van der Waals surface area contributed by atoms with Gasteiger partial charge in [0.15, 0.2) is 9.90 Å². The zero-order valence-corrected chi connectivity index (χ0v) is 12.4. The summed E-state index contributed by atoms with van der Waals surface area (Å²) in [6.45, 7) is 1.58. The van der Waals surface area contributed by atoms with Gasteiger partial charge in [-0.25, -0.2) is 23.2 Å². The van der Waals surface area contributed by atoms with E-state index in [1.807, 2.05) is 0 Å². The molecule has 7 nitrogen and oxygen atoms in total. The average Bonchev–Trinajstić information content (AvgIpc) is 2.82. The number of aromatic carboxylic acids is 1. The van der Waals surface area contributed by atoms with Crippen molar-refractivity contribution in [2.75, 3.05) is 4.72 Å². The molecule has 0 aromatic carbocycles. The molecule has 10 heteroatoms. The molecule has 0 saturated heterocycles. The highest BCUT2D eigenvalue weighted by atomic mass is 35.5. The largest absolute Gasteiger partial charge is 0.476 e. The van der Waals surface area contributed by atoms with Crippen LogP contribution in [0.5, 0.6) is 0 Å². The summed E-state index contributed by atoms with van der Waals surface area (Å²) in [6.07, 6.45) is 0. The smallest absolute Gasteiger partial charge is 0.356 e. The van der Waals surface area contributed by atoms with Crippen molar-refractivity contribution in [3.63, 3.8) is 0 Å². The lowest BCUT2D eigenvalue weighted by Gasteiger charge is -2.09. The number of hydrogen-bond acceptors (Lipinski definition) is 6. The molecule has 0 radical (unpaired) electrons. The van der Waals surface area contributed by atoms with Crippen molar-refractivity contribution in [1.82, 2.24) is 9.97 Å². The molecule has 0 unspecified atom stereocenters. The normalized spacial score (nSPS) is 11.3. The van der Waals surface area contributed by atoms with Gasteiger partial charge < -0.3 is 5.11 Å². The molecule has 0 bridgehead atoms. The Morgan fingerprint density at radius 2 is 2.15 bits per heavy atom. The van der Waals surface area contributed by atoms with Crippen molar-refractivity contribution in [3.05, 3.63) is 34.2 Å². The lowest BCUT2D eigenvalue weighted by atomic mass is 10.3. The van der Waals surface area contributed by atoms with Crippen molar-refractivity contribution in [1.29, 1.82) is 0 Å². The van der Waals surface area contributed by atoms with Crippen LogP contribution in [0.15, 0.2) is 21.9 Å². The summed E-state index contributed by atoms with van der Waals surface area (Å²) < 4.78 is 26.2. The third kappa shape index (κ3) is 2.89. The van der Waals surface area contributed by atoms with Gasteiger partial charge in [0.2, 0.25) is 0 Å². The average molecular weight is 334 g/mol. The van der Waals surface area contributed by atoms with E-state index in [0.717, 1.165) is 16.8 Å². The maximum absolute atomic E-state index is 12.2. The molecule has 0 aliphatic heterocycles. The van der Waals surface area contributed by atoms with Gasteiger partial charge in [0, 0.05) is 0 Å². The first-order valence-electron chi connectivity index (χ1n) is 5.14. The van der Waals surface area contributed by atoms with E-state index >= 15 is 0 Å². The fourth-order valence-electron chi connectivity index (χ4n) is 1.40. The minimum absolute atomic E-state index is 0.221. The second-order valence-electron chi connectivity index (χ2n) is 3.67. The Morgan fingerprint density at radius 3 is 2.75 bits per heavy atom. The molecule has 0 aliphatic carbocycles. The number of thiazole rings is 1. The molecule has 0 saturated carbocycles. The molecule has 2 aromatic rings. The van der Waals surface area contributed by atoms with Gasteiger partial charge >= 0.3 is 5.97 Å². The van der Waals surface area contributed by atoms with E-state index < -0.39 is 21.7 Å². The molecule has 2 heterocycles. The summed E-state index contributed by atoms with van der Waals surface area (Å²) in [6, 6.07) is 2.88. The summed E-state index contributed by atoms with van der Waals surface area (Å²) in [5.74, 6) is -1.41. The van der Waals surface area contributed by atoms with Crippen LogP contribution in [-0.4, -0.2) is 29.5 Å². The monoisotopic (exact) mass is 333 g/mol. The number of rotatable bonds is 4. The van der Waals surface area contributed by atoms with E-state index in [0.29, 0.717) is 5.69 Å². The minimum atomic E-state index is -4.04. The first kappa shape index (κ1) is 14.7. The first-order chi connectivity index (χ1) is 9.31. The number of anilines is 1. The predicted octanol–water partition coefficient (Wildman–Crippen LogP) is 2.00. The Morgan fingerprint density at radius 1 is 1.45 bits per heavy atom. The van der Waals surface area contributed by atoms with Crippen LogP contribution in [0.3, 0.4) is 0 Å². The second kappa shape index (κ2) is 5.35. The van der Waals surface area contributed by atoms with Gasteiger partial charge in [0.05, 0.1) is 16.9 Å². The Hall–Kier alpha value is -1.71. The maximum Gasteiger partial charge on any atom is 0.356 e. The van der Waals surface area contributed by atoms with Crippen molar-refractivity contribution in [2.24, 2.45) is 0 Å². The molecular weight excluding hydrogens is 326 g/mol. The van der Waals surface area contributed by atoms with Crippen LogP contribution in [0.25, 0.3) is 0 Å². The standard InChI is InChI=1S/C10H8ClN3O4S2/c1-5-6(2-3-7(11)13-5)14-20(17,18)10-8(9(15)16)12-4-19-10/h2-4,14H,1H3,(H,15,16). The third-order valence-electron chi connectivity index (χ3n) is 2.28. The number of pyridine rings is 1. The molecule has 0 fully saturated rings.